The van der Waals surface area contributed by atoms with Gasteiger partial charge < -0.3 is 5.32 Å². The van der Waals surface area contributed by atoms with Crippen molar-refractivity contribution in [2.75, 3.05) is 5.32 Å². The zero-order chi connectivity index (χ0) is 13.3. The fraction of sp³-hybridized carbons (Fsp3) is 0.500. The number of nitrogens with zero attached hydrogens (tertiary/aromatic N) is 1. The second kappa shape index (κ2) is 5.38. The normalized spacial score (nSPS) is 21.7. The molecule has 1 aliphatic carbocycles. The number of halogens is 2. The summed E-state index contributed by atoms with van der Waals surface area (Å²) in [6.45, 7) is 2.11. The van der Waals surface area contributed by atoms with Gasteiger partial charge in [0.2, 0.25) is 0 Å². The van der Waals surface area contributed by atoms with E-state index in [0.717, 1.165) is 19.3 Å². The Kier molecular flexibility index (Phi) is 4.04. The summed E-state index contributed by atoms with van der Waals surface area (Å²) in [4.78, 5) is 10.5. The standard InChI is InChI=1S/C12H14FIN2O2/c1-2-3-7-4-10(7)15-11-5-8(13)9(14)6-12(11)16(17)18/h5-7,10,15H,2-4H2,1H3. The summed E-state index contributed by atoms with van der Waals surface area (Å²) in [7, 11) is 0. The van der Waals surface area contributed by atoms with Crippen LogP contribution < -0.4 is 5.32 Å². The van der Waals surface area contributed by atoms with E-state index in [-0.39, 0.29) is 15.3 Å². The highest BCUT2D eigenvalue weighted by atomic mass is 127. The number of nitro benzene ring substituents is 1. The predicted octanol–water partition coefficient (Wildman–Crippen LogP) is 3.94. The number of nitrogens with one attached hydrogen (secondary N) is 1. The summed E-state index contributed by atoms with van der Waals surface area (Å²) < 4.78 is 13.7. The van der Waals surface area contributed by atoms with Crippen LogP contribution in [0.1, 0.15) is 26.2 Å². The molecule has 18 heavy (non-hydrogen) atoms. The minimum Gasteiger partial charge on any atom is -0.376 e. The van der Waals surface area contributed by atoms with Crippen molar-refractivity contribution in [3.05, 3.63) is 31.6 Å². The van der Waals surface area contributed by atoms with Crippen molar-refractivity contribution >= 4 is 34.0 Å². The molecule has 2 atom stereocenters. The largest absolute Gasteiger partial charge is 0.376 e. The van der Waals surface area contributed by atoms with E-state index < -0.39 is 10.7 Å². The SMILES string of the molecule is CCCC1CC1Nc1cc(F)c(I)cc1[N+](=O)[O-]. The van der Waals surface area contributed by atoms with Crippen molar-refractivity contribution < 1.29 is 9.31 Å². The monoisotopic (exact) mass is 364 g/mol. The highest BCUT2D eigenvalue weighted by molar-refractivity contribution is 14.1. The number of nitro groups is 1. The fourth-order valence-corrected chi connectivity index (χ4v) is 2.57. The van der Waals surface area contributed by atoms with E-state index in [4.69, 9.17) is 0 Å². The number of benzene rings is 1. The van der Waals surface area contributed by atoms with Gasteiger partial charge in [0.25, 0.3) is 5.69 Å². The molecule has 0 bridgehead atoms. The van der Waals surface area contributed by atoms with E-state index in [1.54, 1.807) is 22.6 Å². The van der Waals surface area contributed by atoms with E-state index in [0.29, 0.717) is 11.6 Å². The van der Waals surface area contributed by atoms with E-state index in [2.05, 4.69) is 12.2 Å². The Hall–Kier alpha value is -0.920. The van der Waals surface area contributed by atoms with Gasteiger partial charge in [0, 0.05) is 18.2 Å². The average Bonchev–Trinajstić information content (AvgIpc) is 3.01. The molecule has 98 valence electrons. The van der Waals surface area contributed by atoms with Crippen molar-refractivity contribution in [3.8, 4) is 0 Å². The number of hydrogen-bond acceptors (Lipinski definition) is 3. The lowest BCUT2D eigenvalue weighted by Gasteiger charge is -2.07. The smallest absolute Gasteiger partial charge is 0.293 e. The topological polar surface area (TPSA) is 55.2 Å². The van der Waals surface area contributed by atoms with Gasteiger partial charge in [-0.15, -0.1) is 0 Å². The van der Waals surface area contributed by atoms with Crippen LogP contribution in [0.2, 0.25) is 0 Å². The molecular weight excluding hydrogens is 350 g/mol. The maximum atomic E-state index is 13.5. The molecule has 1 saturated carbocycles. The van der Waals surface area contributed by atoms with Gasteiger partial charge >= 0.3 is 0 Å². The summed E-state index contributed by atoms with van der Waals surface area (Å²) in [5, 5.41) is 14.0. The Morgan fingerprint density at radius 2 is 2.33 bits per heavy atom. The van der Waals surface area contributed by atoms with Crippen LogP contribution >= 0.6 is 22.6 Å². The molecule has 0 saturated heterocycles. The molecule has 1 N–H and O–H groups in total. The van der Waals surface area contributed by atoms with Crippen LogP contribution in [0.4, 0.5) is 15.8 Å². The fourth-order valence-electron chi connectivity index (χ4n) is 2.12. The summed E-state index contributed by atoms with van der Waals surface area (Å²) >= 11 is 1.76. The molecule has 2 unspecified atom stereocenters. The van der Waals surface area contributed by atoms with Crippen molar-refractivity contribution in [3.63, 3.8) is 0 Å². The van der Waals surface area contributed by atoms with Crippen LogP contribution in [-0.4, -0.2) is 11.0 Å². The van der Waals surface area contributed by atoms with Crippen LogP contribution in [0.3, 0.4) is 0 Å². The third-order valence-corrected chi connectivity index (χ3v) is 3.98. The Bertz CT molecular complexity index is 481. The lowest BCUT2D eigenvalue weighted by Crippen LogP contribution is -2.08. The van der Waals surface area contributed by atoms with Crippen LogP contribution in [-0.2, 0) is 0 Å². The van der Waals surface area contributed by atoms with Gasteiger partial charge in [-0.2, -0.15) is 0 Å². The Morgan fingerprint density at radius 1 is 1.61 bits per heavy atom. The minimum absolute atomic E-state index is 0.0528. The first-order valence-electron chi connectivity index (χ1n) is 5.93. The molecule has 1 fully saturated rings. The molecule has 0 aromatic heterocycles. The molecule has 0 heterocycles. The van der Waals surface area contributed by atoms with E-state index in [1.807, 2.05) is 0 Å². The van der Waals surface area contributed by atoms with Crippen LogP contribution in [0, 0.1) is 25.4 Å². The highest BCUT2D eigenvalue weighted by Crippen LogP contribution is 2.39. The zero-order valence-electron chi connectivity index (χ0n) is 9.95. The molecule has 0 aliphatic heterocycles. The predicted molar refractivity (Wildman–Crippen MR) is 76.2 cm³/mol. The van der Waals surface area contributed by atoms with Gasteiger partial charge in [0.1, 0.15) is 11.5 Å². The highest BCUT2D eigenvalue weighted by Gasteiger charge is 2.37. The molecule has 1 aromatic rings. The van der Waals surface area contributed by atoms with Gasteiger partial charge in [-0.05, 0) is 41.4 Å². The lowest BCUT2D eigenvalue weighted by molar-refractivity contribution is -0.384. The maximum Gasteiger partial charge on any atom is 0.293 e. The third-order valence-electron chi connectivity index (χ3n) is 3.16. The Labute approximate surface area is 118 Å². The third kappa shape index (κ3) is 2.90. The van der Waals surface area contributed by atoms with Gasteiger partial charge in [-0.1, -0.05) is 13.3 Å². The molecule has 4 nitrogen and oxygen atoms in total. The average molecular weight is 364 g/mol. The molecule has 0 radical (unpaired) electrons. The molecular formula is C12H14FIN2O2. The maximum absolute atomic E-state index is 13.5. The molecule has 1 aromatic carbocycles. The second-order valence-electron chi connectivity index (χ2n) is 4.58. The van der Waals surface area contributed by atoms with Crippen LogP contribution in [0.15, 0.2) is 12.1 Å². The summed E-state index contributed by atoms with van der Waals surface area (Å²) in [5.74, 6) is 0.147. The first-order valence-corrected chi connectivity index (χ1v) is 7.00. The Balaban J connectivity index is 2.17. The van der Waals surface area contributed by atoms with Gasteiger partial charge in [-0.25, -0.2) is 4.39 Å². The zero-order valence-corrected chi connectivity index (χ0v) is 12.1. The molecule has 1 aliphatic rings. The number of hydrogen-bond donors (Lipinski definition) is 1. The van der Waals surface area contributed by atoms with Crippen molar-refractivity contribution in [2.24, 2.45) is 5.92 Å². The minimum atomic E-state index is -0.471. The molecule has 6 heteroatoms. The Morgan fingerprint density at radius 3 is 2.94 bits per heavy atom. The summed E-state index contributed by atoms with van der Waals surface area (Å²) in [5.41, 5.74) is 0.240. The molecule has 0 spiro atoms. The van der Waals surface area contributed by atoms with Crippen LogP contribution in [0.25, 0.3) is 0 Å². The summed E-state index contributed by atoms with van der Waals surface area (Å²) in [6, 6.07) is 2.75. The summed E-state index contributed by atoms with van der Waals surface area (Å²) in [6.07, 6.45) is 3.23. The first kappa shape index (κ1) is 13.5. The first-order chi connectivity index (χ1) is 8.52. The van der Waals surface area contributed by atoms with Crippen molar-refractivity contribution in [2.45, 2.75) is 32.2 Å². The van der Waals surface area contributed by atoms with Gasteiger partial charge in [0.15, 0.2) is 0 Å². The number of rotatable bonds is 5. The van der Waals surface area contributed by atoms with Gasteiger partial charge in [-0.3, -0.25) is 10.1 Å². The van der Waals surface area contributed by atoms with Crippen molar-refractivity contribution in [1.82, 2.24) is 0 Å². The van der Waals surface area contributed by atoms with E-state index in [9.17, 15) is 14.5 Å². The second-order valence-corrected chi connectivity index (χ2v) is 5.74. The molecule has 0 amide bonds. The van der Waals surface area contributed by atoms with E-state index >= 15 is 0 Å². The van der Waals surface area contributed by atoms with Gasteiger partial charge in [0.05, 0.1) is 8.49 Å². The molecule has 2 rings (SSSR count). The quantitative estimate of drug-likeness (QED) is 0.489. The number of anilines is 1. The van der Waals surface area contributed by atoms with Crippen molar-refractivity contribution in [1.29, 1.82) is 0 Å². The van der Waals surface area contributed by atoms with E-state index in [1.165, 1.54) is 12.1 Å². The van der Waals surface area contributed by atoms with Crippen LogP contribution in [0.5, 0.6) is 0 Å². The lowest BCUT2D eigenvalue weighted by atomic mass is 10.2.